The summed E-state index contributed by atoms with van der Waals surface area (Å²) in [4.78, 5) is 12.0. The maximum absolute atomic E-state index is 5.91. The molecule has 5 heteroatoms. The monoisotopic (exact) mass is 222 g/mol. The maximum atomic E-state index is 5.91. The number of hydrogen-bond acceptors (Lipinski definition) is 5. The second-order valence-electron chi connectivity index (χ2n) is 4.21. The topological polar surface area (TPSA) is 54.5 Å². The highest BCUT2D eigenvalue weighted by molar-refractivity contribution is 7.09. The number of thiazole rings is 1. The molecule has 0 spiro atoms. The van der Waals surface area contributed by atoms with Crippen molar-refractivity contribution in [2.24, 2.45) is 16.6 Å². The van der Waals surface area contributed by atoms with Gasteiger partial charge >= 0.3 is 0 Å². The summed E-state index contributed by atoms with van der Waals surface area (Å²) in [6.07, 6.45) is 4.63. The van der Waals surface area contributed by atoms with Crippen LogP contribution in [0.15, 0.2) is 16.7 Å². The molecule has 1 atom stereocenters. The summed E-state index contributed by atoms with van der Waals surface area (Å²) < 4.78 is 0. The Hall–Kier alpha value is -1.10. The van der Waals surface area contributed by atoms with Crippen LogP contribution in [-0.4, -0.2) is 28.9 Å². The van der Waals surface area contributed by atoms with E-state index in [0.717, 1.165) is 19.0 Å². The normalized spacial score (nSPS) is 25.7. The van der Waals surface area contributed by atoms with Crippen LogP contribution in [0.5, 0.6) is 0 Å². The molecule has 1 aliphatic carbocycles. The third-order valence-corrected chi connectivity index (χ3v) is 3.91. The lowest BCUT2D eigenvalue weighted by Gasteiger charge is -2.24. The highest BCUT2D eigenvalue weighted by atomic mass is 32.1. The van der Waals surface area contributed by atoms with Gasteiger partial charge in [0.15, 0.2) is 5.96 Å². The van der Waals surface area contributed by atoms with E-state index in [9.17, 15) is 0 Å². The summed E-state index contributed by atoms with van der Waals surface area (Å²) in [7, 11) is 0. The van der Waals surface area contributed by atoms with Gasteiger partial charge in [-0.2, -0.15) is 0 Å². The minimum absolute atomic E-state index is 0.345. The van der Waals surface area contributed by atoms with E-state index in [1.807, 2.05) is 11.7 Å². The first-order valence-electron chi connectivity index (χ1n) is 5.29. The highest BCUT2D eigenvalue weighted by Crippen LogP contribution is 2.35. The van der Waals surface area contributed by atoms with Crippen molar-refractivity contribution in [1.29, 1.82) is 0 Å². The van der Waals surface area contributed by atoms with Gasteiger partial charge in [0.05, 0.1) is 18.1 Å². The number of nitrogens with zero attached hydrogens (tertiary/aromatic N) is 3. The minimum atomic E-state index is 0.345. The van der Waals surface area contributed by atoms with Crippen molar-refractivity contribution < 1.29 is 0 Å². The Morgan fingerprint density at radius 2 is 2.40 bits per heavy atom. The molecule has 1 saturated carbocycles. The zero-order valence-corrected chi connectivity index (χ0v) is 9.28. The van der Waals surface area contributed by atoms with Crippen LogP contribution in [0.4, 0.5) is 0 Å². The van der Waals surface area contributed by atoms with E-state index in [2.05, 4.69) is 14.9 Å². The Labute approximate surface area is 92.8 Å². The Morgan fingerprint density at radius 3 is 3.07 bits per heavy atom. The van der Waals surface area contributed by atoms with E-state index in [-0.39, 0.29) is 0 Å². The lowest BCUT2D eigenvalue weighted by atomic mass is 10.2. The lowest BCUT2D eigenvalue weighted by molar-refractivity contribution is 0.337. The highest BCUT2D eigenvalue weighted by Gasteiger charge is 2.33. The van der Waals surface area contributed by atoms with Gasteiger partial charge in [0.2, 0.25) is 0 Å². The van der Waals surface area contributed by atoms with Crippen molar-refractivity contribution in [2.75, 3.05) is 13.1 Å². The van der Waals surface area contributed by atoms with Crippen molar-refractivity contribution in [3.8, 4) is 0 Å². The molecule has 1 fully saturated rings. The average molecular weight is 222 g/mol. The molecule has 0 bridgehead atoms. The van der Waals surface area contributed by atoms with Gasteiger partial charge in [0.1, 0.15) is 0 Å². The molecular weight excluding hydrogens is 208 g/mol. The molecule has 1 aromatic heterocycles. The van der Waals surface area contributed by atoms with Gasteiger partial charge < -0.3 is 10.6 Å². The summed E-state index contributed by atoms with van der Waals surface area (Å²) in [5.74, 6) is 1.55. The van der Waals surface area contributed by atoms with Crippen LogP contribution in [0.1, 0.15) is 23.8 Å². The molecule has 0 radical (unpaired) electrons. The summed E-state index contributed by atoms with van der Waals surface area (Å²) >= 11 is 1.69. The van der Waals surface area contributed by atoms with Crippen molar-refractivity contribution in [3.05, 3.63) is 16.6 Å². The van der Waals surface area contributed by atoms with Gasteiger partial charge in [0.25, 0.3) is 0 Å². The Kier molecular flexibility index (Phi) is 2.12. The predicted molar refractivity (Wildman–Crippen MR) is 60.8 cm³/mol. The van der Waals surface area contributed by atoms with E-state index in [4.69, 9.17) is 5.73 Å². The van der Waals surface area contributed by atoms with Gasteiger partial charge in [-0.15, -0.1) is 11.3 Å². The second-order valence-corrected chi connectivity index (χ2v) is 5.13. The summed E-state index contributed by atoms with van der Waals surface area (Å²) in [6, 6.07) is 0.345. The molecule has 2 heterocycles. The van der Waals surface area contributed by atoms with Crippen molar-refractivity contribution in [1.82, 2.24) is 9.88 Å². The van der Waals surface area contributed by atoms with E-state index < -0.39 is 0 Å². The van der Waals surface area contributed by atoms with Gasteiger partial charge in [-0.1, -0.05) is 0 Å². The van der Waals surface area contributed by atoms with Crippen molar-refractivity contribution >= 4 is 17.3 Å². The molecule has 0 aromatic carbocycles. The minimum Gasteiger partial charge on any atom is -0.370 e. The van der Waals surface area contributed by atoms with Crippen molar-refractivity contribution in [3.63, 3.8) is 0 Å². The Morgan fingerprint density at radius 1 is 1.53 bits per heavy atom. The number of guanidine groups is 1. The van der Waals surface area contributed by atoms with Gasteiger partial charge in [-0.25, -0.2) is 0 Å². The van der Waals surface area contributed by atoms with Crippen LogP contribution in [0, 0.1) is 5.92 Å². The lowest BCUT2D eigenvalue weighted by Crippen LogP contribution is -2.37. The fourth-order valence-electron chi connectivity index (χ4n) is 1.96. The van der Waals surface area contributed by atoms with Gasteiger partial charge in [0, 0.05) is 17.6 Å². The predicted octanol–water partition coefficient (Wildman–Crippen LogP) is 1.22. The SMILES string of the molecule is NC1=NCC(c2cncs2)N1CC1CC1. The maximum Gasteiger partial charge on any atom is 0.191 e. The van der Waals surface area contributed by atoms with E-state index in [1.54, 1.807) is 11.3 Å². The van der Waals surface area contributed by atoms with Crippen LogP contribution in [0.3, 0.4) is 0 Å². The number of nitrogens with two attached hydrogens (primary N) is 1. The molecular formula is C10H14N4S. The van der Waals surface area contributed by atoms with Gasteiger partial charge in [-0.3, -0.25) is 9.98 Å². The average Bonchev–Trinajstić information content (AvgIpc) is 2.75. The Balaban J connectivity index is 1.78. The smallest absolute Gasteiger partial charge is 0.191 e. The molecule has 1 aromatic rings. The first-order valence-corrected chi connectivity index (χ1v) is 6.17. The third-order valence-electron chi connectivity index (χ3n) is 3.03. The fourth-order valence-corrected chi connectivity index (χ4v) is 2.69. The zero-order valence-electron chi connectivity index (χ0n) is 8.47. The molecule has 3 rings (SSSR count). The second kappa shape index (κ2) is 3.48. The zero-order chi connectivity index (χ0) is 10.3. The molecule has 0 amide bonds. The molecule has 80 valence electrons. The number of rotatable bonds is 3. The molecule has 1 unspecified atom stereocenters. The summed E-state index contributed by atoms with van der Waals surface area (Å²) in [6.45, 7) is 1.86. The van der Waals surface area contributed by atoms with E-state index in [1.165, 1.54) is 17.7 Å². The summed E-state index contributed by atoms with van der Waals surface area (Å²) in [5, 5.41) is 0. The standard InChI is InChI=1S/C10H14N4S/c11-10-13-3-8(9-4-12-6-15-9)14(10)5-7-1-2-7/h4,6-8H,1-3,5H2,(H2,11,13). The Bertz CT molecular complexity index is 369. The molecule has 0 saturated heterocycles. The quantitative estimate of drug-likeness (QED) is 0.836. The molecule has 4 nitrogen and oxygen atoms in total. The summed E-state index contributed by atoms with van der Waals surface area (Å²) in [5.41, 5.74) is 7.79. The molecule has 15 heavy (non-hydrogen) atoms. The van der Waals surface area contributed by atoms with E-state index in [0.29, 0.717) is 12.0 Å². The first-order chi connectivity index (χ1) is 7.34. The van der Waals surface area contributed by atoms with Crippen LogP contribution in [0.25, 0.3) is 0 Å². The molecule has 2 aliphatic rings. The van der Waals surface area contributed by atoms with Crippen LogP contribution in [-0.2, 0) is 0 Å². The molecule has 2 N–H and O–H groups in total. The third kappa shape index (κ3) is 1.71. The van der Waals surface area contributed by atoms with Crippen molar-refractivity contribution in [2.45, 2.75) is 18.9 Å². The number of aromatic nitrogens is 1. The van der Waals surface area contributed by atoms with Gasteiger partial charge in [-0.05, 0) is 18.8 Å². The number of hydrogen-bond donors (Lipinski definition) is 1. The molecule has 1 aliphatic heterocycles. The van der Waals surface area contributed by atoms with Crippen LogP contribution < -0.4 is 5.73 Å². The van der Waals surface area contributed by atoms with Crippen LogP contribution >= 0.6 is 11.3 Å². The van der Waals surface area contributed by atoms with Crippen LogP contribution in [0.2, 0.25) is 0 Å². The first kappa shape index (κ1) is 9.15. The fraction of sp³-hybridized carbons (Fsp3) is 0.600. The number of aliphatic imine (C=N–C) groups is 1. The largest absolute Gasteiger partial charge is 0.370 e. The van der Waals surface area contributed by atoms with E-state index >= 15 is 0 Å².